The van der Waals surface area contributed by atoms with E-state index in [2.05, 4.69) is 29.6 Å². The number of aryl methyl sites for hydroxylation is 1. The van der Waals surface area contributed by atoms with Crippen molar-refractivity contribution >= 4 is 12.2 Å². The summed E-state index contributed by atoms with van der Waals surface area (Å²) in [6.45, 7) is 3.10. The molecule has 0 aromatic heterocycles. The van der Waals surface area contributed by atoms with Crippen LogP contribution < -0.4 is 25.4 Å². The highest BCUT2D eigenvalue weighted by Crippen LogP contribution is 2.30. The lowest BCUT2D eigenvalue weighted by Gasteiger charge is -2.13. The first-order valence-electron chi connectivity index (χ1n) is 8.74. The van der Waals surface area contributed by atoms with Crippen molar-refractivity contribution in [2.75, 3.05) is 20.3 Å². The van der Waals surface area contributed by atoms with Gasteiger partial charge in [-0.2, -0.15) is 5.10 Å². The predicted molar refractivity (Wildman–Crippen MR) is 105 cm³/mol. The summed E-state index contributed by atoms with van der Waals surface area (Å²) in [5.74, 6) is 1.96. The Morgan fingerprint density at radius 1 is 1.15 bits per heavy atom. The fourth-order valence-corrected chi connectivity index (χ4v) is 2.36. The normalized spacial score (nSPS) is 10.6. The molecule has 0 aliphatic heterocycles. The fraction of sp³-hybridized carbons (Fsp3) is 0.300. The first-order chi connectivity index (χ1) is 13.1. The molecule has 27 heavy (non-hydrogen) atoms. The van der Waals surface area contributed by atoms with Crippen molar-refractivity contribution in [1.29, 1.82) is 0 Å². The molecule has 0 bridgehead atoms. The Balaban J connectivity index is 1.88. The smallest absolute Gasteiger partial charge is 0.332 e. The van der Waals surface area contributed by atoms with Crippen LogP contribution in [-0.4, -0.2) is 32.6 Å². The molecule has 144 valence electrons. The van der Waals surface area contributed by atoms with Gasteiger partial charge in [0.15, 0.2) is 11.5 Å². The van der Waals surface area contributed by atoms with Crippen molar-refractivity contribution in [2.45, 2.75) is 19.8 Å². The highest BCUT2D eigenvalue weighted by atomic mass is 16.5. The van der Waals surface area contributed by atoms with Gasteiger partial charge < -0.3 is 19.9 Å². The van der Waals surface area contributed by atoms with Crippen LogP contribution in [0.4, 0.5) is 4.79 Å². The maximum Gasteiger partial charge on any atom is 0.332 e. The second-order valence-corrected chi connectivity index (χ2v) is 5.66. The molecule has 7 nitrogen and oxygen atoms in total. The number of carbonyl (C=O) groups is 1. The van der Waals surface area contributed by atoms with Gasteiger partial charge in [-0.25, -0.2) is 10.2 Å². The third-order valence-corrected chi connectivity index (χ3v) is 3.74. The molecule has 0 atom stereocenters. The fourth-order valence-electron chi connectivity index (χ4n) is 2.36. The summed E-state index contributed by atoms with van der Waals surface area (Å²) in [5, 5.41) is 3.77. The Morgan fingerprint density at radius 3 is 2.56 bits per heavy atom. The summed E-state index contributed by atoms with van der Waals surface area (Å²) >= 11 is 0. The minimum Gasteiger partial charge on any atom is -0.493 e. The summed E-state index contributed by atoms with van der Waals surface area (Å²) in [4.78, 5) is 10.7. The van der Waals surface area contributed by atoms with E-state index in [1.165, 1.54) is 11.8 Å². The van der Waals surface area contributed by atoms with Gasteiger partial charge >= 0.3 is 6.03 Å². The summed E-state index contributed by atoms with van der Waals surface area (Å²) < 4.78 is 16.9. The van der Waals surface area contributed by atoms with Crippen LogP contribution in [0.3, 0.4) is 0 Å². The minimum absolute atomic E-state index is 0.442. The molecule has 0 saturated heterocycles. The van der Waals surface area contributed by atoms with Gasteiger partial charge in [0.2, 0.25) is 0 Å². The Hall–Kier alpha value is -3.22. The van der Waals surface area contributed by atoms with Crippen molar-refractivity contribution in [3.8, 4) is 17.2 Å². The van der Waals surface area contributed by atoms with E-state index in [0.717, 1.165) is 12.2 Å². The van der Waals surface area contributed by atoms with Crippen LogP contribution >= 0.6 is 0 Å². The van der Waals surface area contributed by atoms with E-state index in [4.69, 9.17) is 19.9 Å². The molecule has 7 heteroatoms. The average molecular weight is 371 g/mol. The third kappa shape index (κ3) is 6.54. The Kier molecular flexibility index (Phi) is 7.96. The van der Waals surface area contributed by atoms with Gasteiger partial charge in [-0.15, -0.1) is 0 Å². The second-order valence-electron chi connectivity index (χ2n) is 5.66. The third-order valence-electron chi connectivity index (χ3n) is 3.74. The van der Waals surface area contributed by atoms with Crippen LogP contribution in [0.2, 0.25) is 0 Å². The Bertz CT molecular complexity index is 760. The van der Waals surface area contributed by atoms with Gasteiger partial charge in [0.25, 0.3) is 0 Å². The van der Waals surface area contributed by atoms with Crippen LogP contribution in [0.15, 0.2) is 47.6 Å². The van der Waals surface area contributed by atoms with E-state index in [1.54, 1.807) is 25.3 Å². The monoisotopic (exact) mass is 371 g/mol. The summed E-state index contributed by atoms with van der Waals surface area (Å²) in [7, 11) is 1.56. The number of rotatable bonds is 10. The zero-order chi connectivity index (χ0) is 19.5. The van der Waals surface area contributed by atoms with Gasteiger partial charge in [0.1, 0.15) is 5.75 Å². The first-order valence-corrected chi connectivity index (χ1v) is 8.74. The number of hydrazone groups is 1. The maximum absolute atomic E-state index is 10.7. The molecule has 2 aromatic rings. The lowest BCUT2D eigenvalue weighted by molar-refractivity contribution is 0.240. The van der Waals surface area contributed by atoms with E-state index in [0.29, 0.717) is 36.7 Å². The van der Waals surface area contributed by atoms with E-state index in [1.807, 2.05) is 12.1 Å². The lowest BCUT2D eigenvalue weighted by Crippen LogP contribution is -2.24. The lowest BCUT2D eigenvalue weighted by atomic mass is 10.2. The van der Waals surface area contributed by atoms with Crippen LogP contribution in [0.5, 0.6) is 17.2 Å². The van der Waals surface area contributed by atoms with E-state index in [9.17, 15) is 4.79 Å². The number of nitrogens with zero attached hydrogens (tertiary/aromatic N) is 1. The van der Waals surface area contributed by atoms with Crippen LogP contribution in [0.25, 0.3) is 0 Å². The predicted octanol–water partition coefficient (Wildman–Crippen LogP) is 3.11. The zero-order valence-electron chi connectivity index (χ0n) is 15.6. The molecule has 0 aliphatic carbocycles. The molecule has 3 N–H and O–H groups in total. The number of urea groups is 1. The van der Waals surface area contributed by atoms with Gasteiger partial charge in [-0.1, -0.05) is 25.1 Å². The number of nitrogens with two attached hydrogens (primary N) is 1. The molecular weight excluding hydrogens is 346 g/mol. The van der Waals surface area contributed by atoms with Gasteiger partial charge in [0, 0.05) is 12.0 Å². The number of methoxy groups -OCH3 is 1. The highest BCUT2D eigenvalue weighted by molar-refractivity contribution is 5.86. The molecule has 2 amide bonds. The number of amides is 2. The standard InChI is InChI=1S/C20H25N3O4/c1-3-15-8-10-17(11-9-15)26-12-5-13-27-19-16(14-22-23-20(21)24)6-4-7-18(19)25-2/h4,6-11,14H,3,5,12-13H2,1-2H3,(H3,21,23,24)/b22-14-. The maximum atomic E-state index is 10.7. The van der Waals surface area contributed by atoms with E-state index >= 15 is 0 Å². The van der Waals surface area contributed by atoms with Gasteiger partial charge in [-0.05, 0) is 36.2 Å². The summed E-state index contributed by atoms with van der Waals surface area (Å²) in [5.41, 5.74) is 9.09. The highest BCUT2D eigenvalue weighted by Gasteiger charge is 2.09. The van der Waals surface area contributed by atoms with Crippen LogP contribution in [0.1, 0.15) is 24.5 Å². The van der Waals surface area contributed by atoms with Crippen LogP contribution in [0, 0.1) is 0 Å². The molecule has 2 aromatic carbocycles. The molecule has 0 radical (unpaired) electrons. The number of para-hydroxylation sites is 1. The SMILES string of the molecule is CCc1ccc(OCCCOc2c(/C=N\NC(N)=O)cccc2OC)cc1. The van der Waals surface area contributed by atoms with Crippen molar-refractivity contribution in [1.82, 2.24) is 5.43 Å². The van der Waals surface area contributed by atoms with Gasteiger partial charge in [0.05, 0.1) is 26.5 Å². The Labute approximate surface area is 159 Å². The topological polar surface area (TPSA) is 95.2 Å². The molecule has 0 fully saturated rings. The molecule has 0 saturated carbocycles. The first kappa shape index (κ1) is 20.1. The summed E-state index contributed by atoms with van der Waals surface area (Å²) in [6, 6.07) is 12.7. The molecule has 0 spiro atoms. The number of benzene rings is 2. The second kappa shape index (κ2) is 10.7. The average Bonchev–Trinajstić information content (AvgIpc) is 2.68. The zero-order valence-corrected chi connectivity index (χ0v) is 15.6. The molecule has 2 rings (SSSR count). The number of primary amides is 1. The largest absolute Gasteiger partial charge is 0.493 e. The van der Waals surface area contributed by atoms with E-state index in [-0.39, 0.29) is 0 Å². The number of carbonyl (C=O) groups excluding carboxylic acids is 1. The number of hydrogen-bond acceptors (Lipinski definition) is 5. The van der Waals surface area contributed by atoms with E-state index < -0.39 is 6.03 Å². The summed E-state index contributed by atoms with van der Waals surface area (Å²) in [6.07, 6.45) is 3.16. The van der Waals surface area contributed by atoms with Crippen molar-refractivity contribution in [2.24, 2.45) is 10.8 Å². The molecule has 0 unspecified atom stereocenters. The molecule has 0 aliphatic rings. The van der Waals surface area contributed by atoms with Crippen LogP contribution in [-0.2, 0) is 6.42 Å². The van der Waals surface area contributed by atoms with Gasteiger partial charge in [-0.3, -0.25) is 0 Å². The number of nitrogens with one attached hydrogen (secondary N) is 1. The molecular formula is C20H25N3O4. The molecule has 0 heterocycles. The van der Waals surface area contributed by atoms with Crippen molar-refractivity contribution in [3.05, 3.63) is 53.6 Å². The number of hydrogen-bond donors (Lipinski definition) is 2. The van der Waals surface area contributed by atoms with Crippen molar-refractivity contribution < 1.29 is 19.0 Å². The Morgan fingerprint density at radius 2 is 1.89 bits per heavy atom. The number of ether oxygens (including phenoxy) is 3. The van der Waals surface area contributed by atoms with Crippen molar-refractivity contribution in [3.63, 3.8) is 0 Å². The quantitative estimate of drug-likeness (QED) is 0.381. The minimum atomic E-state index is -0.735.